The number of pyridine rings is 1. The zero-order valence-corrected chi connectivity index (χ0v) is 20.2. The molecule has 1 fully saturated rings. The molecular formula is C25H24F3N3O4S. The summed E-state index contributed by atoms with van der Waals surface area (Å²) in [5.41, 5.74) is 3.01. The van der Waals surface area contributed by atoms with Crippen LogP contribution in [0.3, 0.4) is 0 Å². The van der Waals surface area contributed by atoms with Crippen molar-refractivity contribution >= 4 is 28.4 Å². The Kier molecular flexibility index (Phi) is 7.72. The molecule has 1 aliphatic rings. The van der Waals surface area contributed by atoms with Crippen LogP contribution in [0.1, 0.15) is 27.2 Å². The molecule has 1 aromatic heterocycles. The molecular weight excluding hydrogens is 495 g/mol. The predicted molar refractivity (Wildman–Crippen MR) is 131 cm³/mol. The molecule has 36 heavy (non-hydrogen) atoms. The average Bonchev–Trinajstić information content (AvgIpc) is 2.85. The van der Waals surface area contributed by atoms with Crippen molar-refractivity contribution in [2.45, 2.75) is 18.9 Å². The lowest BCUT2D eigenvalue weighted by atomic mass is 10.0. The van der Waals surface area contributed by atoms with Crippen LogP contribution in [0.2, 0.25) is 0 Å². The molecule has 4 rings (SSSR count). The maximum atomic E-state index is 13.0. The first-order chi connectivity index (χ1) is 17.1. The van der Waals surface area contributed by atoms with Crippen molar-refractivity contribution in [2.24, 2.45) is 0 Å². The summed E-state index contributed by atoms with van der Waals surface area (Å²) in [5, 5.41) is 2.62. The molecule has 0 aliphatic carbocycles. The SMILES string of the molecule is Cc1ncc(NC(=O)c2cccc(C(F)(F)F)c2)cc1-c1ccc(CS(=O)O)c(N2CCOCC2)c1. The van der Waals surface area contributed by atoms with Crippen molar-refractivity contribution in [2.75, 3.05) is 36.5 Å². The highest BCUT2D eigenvalue weighted by atomic mass is 32.2. The molecule has 0 spiro atoms. The summed E-state index contributed by atoms with van der Waals surface area (Å²) in [5.74, 6) is -0.704. The van der Waals surface area contributed by atoms with Crippen LogP contribution in [0.4, 0.5) is 24.5 Å². The molecule has 1 atom stereocenters. The van der Waals surface area contributed by atoms with Crippen LogP contribution < -0.4 is 10.2 Å². The van der Waals surface area contributed by atoms with E-state index in [-0.39, 0.29) is 11.3 Å². The number of morpholine rings is 1. The fourth-order valence-electron chi connectivity index (χ4n) is 4.02. The first-order valence-corrected chi connectivity index (χ1v) is 12.4. The Morgan fingerprint density at radius 1 is 1.17 bits per heavy atom. The van der Waals surface area contributed by atoms with E-state index < -0.39 is 28.7 Å². The van der Waals surface area contributed by atoms with Gasteiger partial charge in [-0.1, -0.05) is 18.2 Å². The summed E-state index contributed by atoms with van der Waals surface area (Å²) in [6, 6.07) is 11.4. The molecule has 190 valence electrons. The molecule has 2 N–H and O–H groups in total. The van der Waals surface area contributed by atoms with Gasteiger partial charge in [0.25, 0.3) is 5.91 Å². The summed E-state index contributed by atoms with van der Waals surface area (Å²) in [6.07, 6.45) is -3.11. The number of nitrogens with one attached hydrogen (secondary N) is 1. The lowest BCUT2D eigenvalue weighted by molar-refractivity contribution is -0.137. The minimum absolute atomic E-state index is 0.0166. The summed E-state index contributed by atoms with van der Waals surface area (Å²) in [6.45, 7) is 4.17. The molecule has 11 heteroatoms. The number of rotatable bonds is 6. The highest BCUT2D eigenvalue weighted by Gasteiger charge is 2.31. The van der Waals surface area contributed by atoms with Crippen LogP contribution >= 0.6 is 0 Å². The molecule has 2 heterocycles. The number of amides is 1. The Hall–Kier alpha value is -3.28. The van der Waals surface area contributed by atoms with Crippen molar-refractivity contribution in [3.8, 4) is 11.1 Å². The number of alkyl halides is 3. The van der Waals surface area contributed by atoms with Crippen molar-refractivity contribution < 1.29 is 31.5 Å². The fourth-order valence-corrected chi connectivity index (χ4v) is 4.53. The van der Waals surface area contributed by atoms with E-state index in [2.05, 4.69) is 15.2 Å². The second kappa shape index (κ2) is 10.8. The molecule has 2 aromatic carbocycles. The van der Waals surface area contributed by atoms with Crippen LogP contribution in [0, 0.1) is 6.92 Å². The third-order valence-electron chi connectivity index (χ3n) is 5.82. The highest BCUT2D eigenvalue weighted by Crippen LogP contribution is 2.33. The van der Waals surface area contributed by atoms with Crippen LogP contribution in [-0.2, 0) is 27.7 Å². The second-order valence-electron chi connectivity index (χ2n) is 8.30. The minimum atomic E-state index is -4.55. The van der Waals surface area contributed by atoms with Gasteiger partial charge in [-0.3, -0.25) is 9.78 Å². The van der Waals surface area contributed by atoms with Crippen molar-refractivity contribution in [3.05, 3.63) is 77.1 Å². The molecule has 0 bridgehead atoms. The number of hydrogen-bond donors (Lipinski definition) is 2. The molecule has 3 aromatic rings. The molecule has 1 saturated heterocycles. The normalized spacial score (nSPS) is 15.0. The maximum Gasteiger partial charge on any atom is 0.416 e. The first-order valence-electron chi connectivity index (χ1n) is 11.1. The lowest BCUT2D eigenvalue weighted by Crippen LogP contribution is -2.36. The highest BCUT2D eigenvalue weighted by molar-refractivity contribution is 7.78. The maximum absolute atomic E-state index is 13.0. The van der Waals surface area contributed by atoms with Gasteiger partial charge in [0.2, 0.25) is 0 Å². The van der Waals surface area contributed by atoms with Crippen LogP contribution in [-0.4, -0.2) is 46.0 Å². The number of carbonyl (C=O) groups excluding carboxylic acids is 1. The van der Waals surface area contributed by atoms with Gasteiger partial charge in [0.05, 0.1) is 36.4 Å². The van der Waals surface area contributed by atoms with E-state index in [0.717, 1.165) is 28.9 Å². The Balaban J connectivity index is 1.64. The van der Waals surface area contributed by atoms with Gasteiger partial charge in [0.1, 0.15) is 0 Å². The fraction of sp³-hybridized carbons (Fsp3) is 0.280. The minimum Gasteiger partial charge on any atom is -0.378 e. The van der Waals surface area contributed by atoms with Gasteiger partial charge in [-0.25, -0.2) is 4.21 Å². The molecule has 0 radical (unpaired) electrons. The third kappa shape index (κ3) is 6.10. The summed E-state index contributed by atoms with van der Waals surface area (Å²) < 4.78 is 65.5. The third-order valence-corrected chi connectivity index (χ3v) is 6.38. The zero-order chi connectivity index (χ0) is 25.9. The number of halogens is 3. The van der Waals surface area contributed by atoms with Crippen LogP contribution in [0.15, 0.2) is 54.7 Å². The molecule has 7 nitrogen and oxygen atoms in total. The van der Waals surface area contributed by atoms with Gasteiger partial charge in [-0.2, -0.15) is 13.2 Å². The summed E-state index contributed by atoms with van der Waals surface area (Å²) in [4.78, 5) is 19.1. The van der Waals surface area contributed by atoms with E-state index in [1.165, 1.54) is 18.3 Å². The van der Waals surface area contributed by atoms with Crippen molar-refractivity contribution in [1.29, 1.82) is 0 Å². The molecule has 0 saturated carbocycles. The van der Waals surface area contributed by atoms with Gasteiger partial charge < -0.3 is 19.5 Å². The van der Waals surface area contributed by atoms with Gasteiger partial charge in [-0.15, -0.1) is 0 Å². The number of benzene rings is 2. The number of aryl methyl sites for hydroxylation is 1. The largest absolute Gasteiger partial charge is 0.416 e. The number of anilines is 2. The van der Waals surface area contributed by atoms with E-state index in [0.29, 0.717) is 43.2 Å². The Morgan fingerprint density at radius 2 is 1.92 bits per heavy atom. The van der Waals surface area contributed by atoms with Crippen molar-refractivity contribution in [1.82, 2.24) is 4.98 Å². The predicted octanol–water partition coefficient (Wildman–Crippen LogP) is 4.89. The van der Waals surface area contributed by atoms with E-state index in [9.17, 15) is 26.7 Å². The van der Waals surface area contributed by atoms with E-state index in [1.54, 1.807) is 19.1 Å². The molecule has 1 amide bonds. The van der Waals surface area contributed by atoms with Crippen LogP contribution in [0.25, 0.3) is 11.1 Å². The number of aromatic nitrogens is 1. The van der Waals surface area contributed by atoms with Crippen molar-refractivity contribution in [3.63, 3.8) is 0 Å². The zero-order valence-electron chi connectivity index (χ0n) is 19.3. The van der Waals surface area contributed by atoms with E-state index in [1.807, 2.05) is 12.1 Å². The van der Waals surface area contributed by atoms with Crippen LogP contribution in [0.5, 0.6) is 0 Å². The second-order valence-corrected chi connectivity index (χ2v) is 9.23. The smallest absolute Gasteiger partial charge is 0.378 e. The molecule has 1 unspecified atom stereocenters. The Morgan fingerprint density at radius 3 is 2.61 bits per heavy atom. The number of ether oxygens (including phenoxy) is 1. The van der Waals surface area contributed by atoms with Gasteiger partial charge in [0, 0.05) is 35.6 Å². The van der Waals surface area contributed by atoms with Gasteiger partial charge in [-0.05, 0) is 48.4 Å². The Bertz CT molecular complexity index is 1290. The van der Waals surface area contributed by atoms with E-state index in [4.69, 9.17) is 4.74 Å². The number of nitrogens with zero attached hydrogens (tertiary/aromatic N) is 2. The lowest BCUT2D eigenvalue weighted by Gasteiger charge is -2.31. The standard InChI is InChI=1S/C25H24F3N3O4S/c1-16-22(17-5-6-19(15-36(33)34)23(12-17)31-7-9-35-10-8-31)13-21(14-29-16)30-24(32)18-3-2-4-20(11-18)25(26,27)28/h2-6,11-14H,7-10,15H2,1H3,(H,30,32)(H,33,34). The average molecular weight is 520 g/mol. The summed E-state index contributed by atoms with van der Waals surface area (Å²) in [7, 11) is 0. The Labute approximate surface area is 208 Å². The number of hydrogen-bond acceptors (Lipinski definition) is 5. The quantitative estimate of drug-likeness (QED) is 0.451. The van der Waals surface area contributed by atoms with Gasteiger partial charge >= 0.3 is 6.18 Å². The van der Waals surface area contributed by atoms with E-state index >= 15 is 0 Å². The molecule has 1 aliphatic heterocycles. The monoisotopic (exact) mass is 519 g/mol. The topological polar surface area (TPSA) is 91.8 Å². The summed E-state index contributed by atoms with van der Waals surface area (Å²) >= 11 is -2.01. The first kappa shape index (κ1) is 25.8. The number of carbonyl (C=O) groups is 1. The van der Waals surface area contributed by atoms with Gasteiger partial charge in [0.15, 0.2) is 11.1 Å².